The van der Waals surface area contributed by atoms with E-state index in [0.717, 1.165) is 35.1 Å². The summed E-state index contributed by atoms with van der Waals surface area (Å²) in [6.07, 6.45) is 1.82. The molecule has 3 aliphatic heterocycles. The first-order valence-corrected chi connectivity index (χ1v) is 12.3. The first-order valence-electron chi connectivity index (χ1n) is 11.9. The fourth-order valence-electron chi connectivity index (χ4n) is 5.52. The smallest absolute Gasteiger partial charge is 0.251 e. The molecule has 184 valence electrons. The number of nitrogens with zero attached hydrogens (tertiary/aromatic N) is 3. The molecule has 0 radical (unpaired) electrons. The Labute approximate surface area is 206 Å². The van der Waals surface area contributed by atoms with Gasteiger partial charge in [-0.1, -0.05) is 11.6 Å². The summed E-state index contributed by atoms with van der Waals surface area (Å²) in [5.74, 6) is 0.204. The van der Waals surface area contributed by atoms with E-state index < -0.39 is 11.9 Å². The van der Waals surface area contributed by atoms with E-state index in [-0.39, 0.29) is 23.3 Å². The third-order valence-electron chi connectivity index (χ3n) is 7.17. The maximum Gasteiger partial charge on any atom is 0.251 e. The van der Waals surface area contributed by atoms with E-state index in [2.05, 4.69) is 15.2 Å². The van der Waals surface area contributed by atoms with E-state index in [1.165, 1.54) is 6.07 Å². The van der Waals surface area contributed by atoms with Crippen LogP contribution in [0.4, 0.5) is 4.39 Å². The van der Waals surface area contributed by atoms with Crippen molar-refractivity contribution in [3.8, 4) is 11.5 Å². The summed E-state index contributed by atoms with van der Waals surface area (Å²) in [6, 6.07) is 6.41. The monoisotopic (exact) mass is 500 g/mol. The van der Waals surface area contributed by atoms with Gasteiger partial charge in [0, 0.05) is 56.0 Å². The quantitative estimate of drug-likeness (QED) is 0.555. The van der Waals surface area contributed by atoms with Crippen LogP contribution >= 0.6 is 11.6 Å². The Balaban J connectivity index is 1.10. The normalized spacial score (nSPS) is 23.7. The molecule has 35 heavy (non-hydrogen) atoms. The number of ether oxygens (including phenoxy) is 2. The van der Waals surface area contributed by atoms with Crippen molar-refractivity contribution in [3.63, 3.8) is 0 Å². The molecule has 1 fully saturated rings. The number of aliphatic hydroxyl groups excluding tert-OH is 1. The highest BCUT2D eigenvalue weighted by Crippen LogP contribution is 2.38. The van der Waals surface area contributed by atoms with Crippen LogP contribution in [0.15, 0.2) is 35.3 Å². The Bertz CT molecular complexity index is 1350. The molecule has 3 aromatic rings. The largest absolute Gasteiger partial charge is 0.486 e. The molecule has 10 heteroatoms. The molecule has 1 saturated heterocycles. The summed E-state index contributed by atoms with van der Waals surface area (Å²) in [6.45, 7) is 3.70. The van der Waals surface area contributed by atoms with Gasteiger partial charge in [-0.25, -0.2) is 4.39 Å². The highest BCUT2D eigenvalue weighted by Gasteiger charge is 2.33. The predicted molar refractivity (Wildman–Crippen MR) is 129 cm³/mol. The van der Waals surface area contributed by atoms with Crippen molar-refractivity contribution < 1.29 is 19.0 Å². The summed E-state index contributed by atoms with van der Waals surface area (Å²) >= 11 is 6.51. The minimum Gasteiger partial charge on any atom is -0.486 e. The standard InChI is InChI=1S/C25H26ClFN4O4/c26-16-10-29-19-1-2-22(33)31-12-15(23(16)24(19)31)11-30-4-3-18(20(32)13-30)28-9-14-7-17(27)25-21(8-14)34-5-6-35-25/h1-2,7-8,10,15,18,20,28,32H,3-6,9,11-13H2/t15?,18-,20+/m0/s1. The van der Waals surface area contributed by atoms with Crippen LogP contribution < -0.4 is 20.3 Å². The van der Waals surface area contributed by atoms with Crippen molar-refractivity contribution in [1.29, 1.82) is 0 Å². The summed E-state index contributed by atoms with van der Waals surface area (Å²) in [5, 5.41) is 14.8. The topological polar surface area (TPSA) is 88.9 Å². The third kappa shape index (κ3) is 4.16. The Hall–Kier alpha value is -2.72. The van der Waals surface area contributed by atoms with Gasteiger partial charge in [0.15, 0.2) is 17.3 Å². The zero-order valence-corrected chi connectivity index (χ0v) is 19.8. The number of hydrogen-bond donors (Lipinski definition) is 2. The van der Waals surface area contributed by atoms with Gasteiger partial charge in [0.1, 0.15) is 13.2 Å². The van der Waals surface area contributed by atoms with Gasteiger partial charge in [0.25, 0.3) is 5.56 Å². The lowest BCUT2D eigenvalue weighted by atomic mass is 9.97. The molecular weight excluding hydrogens is 475 g/mol. The number of pyridine rings is 2. The summed E-state index contributed by atoms with van der Waals surface area (Å²) in [4.78, 5) is 19.0. The van der Waals surface area contributed by atoms with Gasteiger partial charge in [0.05, 0.1) is 22.2 Å². The predicted octanol–water partition coefficient (Wildman–Crippen LogP) is 2.28. The zero-order chi connectivity index (χ0) is 24.1. The molecule has 1 unspecified atom stereocenters. The molecule has 8 nitrogen and oxygen atoms in total. The SMILES string of the molecule is O=c1ccc2ncc(Cl)c3c2n1CC3CN1CC[C@H](NCc2cc(F)c3c(c2)OCCO3)[C@H](O)C1. The maximum atomic E-state index is 14.3. The molecule has 0 spiro atoms. The number of piperidine rings is 1. The molecule has 0 saturated carbocycles. The molecule has 3 atom stereocenters. The highest BCUT2D eigenvalue weighted by atomic mass is 35.5. The molecule has 0 bridgehead atoms. The molecule has 2 aromatic heterocycles. The first-order chi connectivity index (χ1) is 17.0. The molecule has 5 heterocycles. The van der Waals surface area contributed by atoms with Gasteiger partial charge in [-0.05, 0) is 36.7 Å². The van der Waals surface area contributed by atoms with Crippen LogP contribution in [0.1, 0.15) is 23.5 Å². The number of aliphatic hydroxyl groups is 1. The number of rotatable bonds is 5. The van der Waals surface area contributed by atoms with E-state index >= 15 is 0 Å². The Morgan fingerprint density at radius 1 is 1.23 bits per heavy atom. The van der Waals surface area contributed by atoms with Crippen molar-refractivity contribution >= 4 is 22.6 Å². The Morgan fingerprint density at radius 3 is 2.94 bits per heavy atom. The molecular formula is C25H26ClFN4O4. The molecule has 0 amide bonds. The van der Waals surface area contributed by atoms with Crippen LogP contribution in [0, 0.1) is 5.82 Å². The number of hydrogen-bond acceptors (Lipinski definition) is 7. The second kappa shape index (κ2) is 9.05. The average molecular weight is 501 g/mol. The number of nitrogens with one attached hydrogen (secondary N) is 1. The van der Waals surface area contributed by atoms with Gasteiger partial charge in [-0.15, -0.1) is 0 Å². The van der Waals surface area contributed by atoms with Crippen molar-refractivity contribution in [2.45, 2.75) is 37.6 Å². The Kier molecular flexibility index (Phi) is 5.88. The maximum absolute atomic E-state index is 14.3. The minimum atomic E-state index is -0.578. The van der Waals surface area contributed by atoms with Gasteiger partial charge in [-0.3, -0.25) is 14.7 Å². The first kappa shape index (κ1) is 22.7. The van der Waals surface area contributed by atoms with E-state index in [1.807, 2.05) is 0 Å². The Morgan fingerprint density at radius 2 is 2.09 bits per heavy atom. The summed E-state index contributed by atoms with van der Waals surface area (Å²) in [5.41, 5.74) is 3.24. The molecule has 1 aromatic carbocycles. The minimum absolute atomic E-state index is 0.0520. The number of halogens is 2. The number of benzene rings is 1. The van der Waals surface area contributed by atoms with Crippen LogP contribution in [-0.4, -0.2) is 64.6 Å². The lowest BCUT2D eigenvalue weighted by Gasteiger charge is -2.37. The van der Waals surface area contributed by atoms with Crippen molar-refractivity contribution in [2.24, 2.45) is 0 Å². The van der Waals surface area contributed by atoms with E-state index in [1.54, 1.807) is 29.0 Å². The van der Waals surface area contributed by atoms with Crippen LogP contribution in [-0.2, 0) is 13.1 Å². The second-order valence-corrected chi connectivity index (χ2v) is 9.84. The number of aromatic nitrogens is 2. The zero-order valence-electron chi connectivity index (χ0n) is 19.0. The lowest BCUT2D eigenvalue weighted by Crippen LogP contribution is -2.53. The van der Waals surface area contributed by atoms with E-state index in [9.17, 15) is 14.3 Å². The molecule has 6 rings (SSSR count). The van der Waals surface area contributed by atoms with E-state index in [4.69, 9.17) is 21.1 Å². The van der Waals surface area contributed by atoms with Gasteiger partial charge < -0.3 is 24.5 Å². The van der Waals surface area contributed by atoms with Crippen LogP contribution in [0.25, 0.3) is 11.0 Å². The summed E-state index contributed by atoms with van der Waals surface area (Å²) in [7, 11) is 0. The molecule has 3 aliphatic rings. The third-order valence-corrected chi connectivity index (χ3v) is 7.47. The fraction of sp³-hybridized carbons (Fsp3) is 0.440. The molecule has 0 aliphatic carbocycles. The lowest BCUT2D eigenvalue weighted by molar-refractivity contribution is 0.0369. The average Bonchev–Trinajstić information content (AvgIpc) is 3.23. The second-order valence-electron chi connectivity index (χ2n) is 9.44. The number of β-amino-alcohol motifs (C(OH)–C–C–N with tert-alkyl or cyclic N) is 1. The van der Waals surface area contributed by atoms with Crippen LogP contribution in [0.5, 0.6) is 11.5 Å². The van der Waals surface area contributed by atoms with Gasteiger partial charge in [0.2, 0.25) is 0 Å². The van der Waals surface area contributed by atoms with Crippen molar-refractivity contribution in [2.75, 3.05) is 32.8 Å². The van der Waals surface area contributed by atoms with Gasteiger partial charge in [-0.2, -0.15) is 0 Å². The molecule has 2 N–H and O–H groups in total. The summed E-state index contributed by atoms with van der Waals surface area (Å²) < 4.78 is 26.9. The van der Waals surface area contributed by atoms with Crippen LogP contribution in [0.2, 0.25) is 5.02 Å². The fourth-order valence-corrected chi connectivity index (χ4v) is 5.81. The van der Waals surface area contributed by atoms with E-state index in [0.29, 0.717) is 50.2 Å². The number of likely N-dealkylation sites (tertiary alicyclic amines) is 1. The number of fused-ring (bicyclic) bond motifs is 1. The van der Waals surface area contributed by atoms with Gasteiger partial charge >= 0.3 is 0 Å². The van der Waals surface area contributed by atoms with Crippen molar-refractivity contribution in [1.82, 2.24) is 19.8 Å². The highest BCUT2D eigenvalue weighted by molar-refractivity contribution is 6.32. The van der Waals surface area contributed by atoms with Crippen molar-refractivity contribution in [3.05, 3.63) is 62.8 Å². The van der Waals surface area contributed by atoms with Crippen LogP contribution in [0.3, 0.4) is 0 Å².